The quantitative estimate of drug-likeness (QED) is 0.682. The number of aliphatic imine (C=N–C) groups is 1. The molecule has 1 aliphatic rings. The van der Waals surface area contributed by atoms with Crippen molar-refractivity contribution in [2.24, 2.45) is 10.7 Å². The zero-order valence-corrected chi connectivity index (χ0v) is 12.5. The number of alkyl halides is 2. The third kappa shape index (κ3) is 2.74. The Bertz CT molecular complexity index is 734. The minimum absolute atomic E-state index is 0.0252. The maximum absolute atomic E-state index is 14.8. The minimum Gasteiger partial charge on any atom is -0.469 e. The van der Waals surface area contributed by atoms with Crippen LogP contribution in [0.15, 0.2) is 41.9 Å². The Hall–Kier alpha value is -2.57. The van der Waals surface area contributed by atoms with Gasteiger partial charge in [-0.3, -0.25) is 0 Å². The maximum atomic E-state index is 14.8. The first-order chi connectivity index (χ1) is 11.0. The van der Waals surface area contributed by atoms with Crippen molar-refractivity contribution in [2.75, 3.05) is 7.11 Å². The maximum Gasteiger partial charge on any atom is 0.295 e. The van der Waals surface area contributed by atoms with Crippen LogP contribution in [0, 0.1) is 0 Å². The van der Waals surface area contributed by atoms with Crippen molar-refractivity contribution in [3.8, 4) is 11.1 Å². The van der Waals surface area contributed by atoms with E-state index in [4.69, 9.17) is 10.5 Å². The fourth-order valence-corrected chi connectivity index (χ4v) is 2.87. The monoisotopic (exact) mass is 318 g/mol. The van der Waals surface area contributed by atoms with E-state index in [9.17, 15) is 8.78 Å². The standard InChI is InChI=1S/C16H16F2N4O/c1-23-15(19)22-14-6-5-12-11(10-7-20-9-21-8-10)3-2-4-13(12)16(14,17)18/h2-4,7-9,14H,5-6H2,1H3,(H2,19,22). The predicted octanol–water partition coefficient (Wildman–Crippen LogP) is 2.51. The smallest absolute Gasteiger partial charge is 0.295 e. The summed E-state index contributed by atoms with van der Waals surface area (Å²) in [6.07, 6.45) is 5.31. The predicted molar refractivity (Wildman–Crippen MR) is 82.1 cm³/mol. The van der Waals surface area contributed by atoms with Gasteiger partial charge in [0.25, 0.3) is 11.9 Å². The summed E-state index contributed by atoms with van der Waals surface area (Å²) in [5, 5.41) is 0. The average Bonchev–Trinajstić information content (AvgIpc) is 2.57. The van der Waals surface area contributed by atoms with Gasteiger partial charge in [0.2, 0.25) is 0 Å². The number of nitrogens with two attached hydrogens (primary N) is 1. The van der Waals surface area contributed by atoms with Gasteiger partial charge >= 0.3 is 0 Å². The lowest BCUT2D eigenvalue weighted by Gasteiger charge is -2.32. The Morgan fingerprint density at radius 1 is 1.35 bits per heavy atom. The van der Waals surface area contributed by atoms with Crippen LogP contribution in [0.1, 0.15) is 17.5 Å². The highest BCUT2D eigenvalue weighted by atomic mass is 19.3. The van der Waals surface area contributed by atoms with Crippen LogP contribution in [0.5, 0.6) is 0 Å². The molecule has 0 spiro atoms. The van der Waals surface area contributed by atoms with Crippen molar-refractivity contribution < 1.29 is 13.5 Å². The molecule has 7 heteroatoms. The summed E-state index contributed by atoms with van der Waals surface area (Å²) in [6, 6.07) is 3.40. The van der Waals surface area contributed by atoms with Crippen LogP contribution in [-0.4, -0.2) is 29.1 Å². The molecular formula is C16H16F2N4O. The summed E-state index contributed by atoms with van der Waals surface area (Å²) in [4.78, 5) is 11.7. The van der Waals surface area contributed by atoms with Gasteiger partial charge in [0.05, 0.1) is 7.11 Å². The number of benzene rings is 1. The molecular weight excluding hydrogens is 302 g/mol. The molecule has 1 atom stereocenters. The van der Waals surface area contributed by atoms with Crippen LogP contribution in [0.2, 0.25) is 0 Å². The molecule has 0 aliphatic heterocycles. The summed E-state index contributed by atoms with van der Waals surface area (Å²) in [6.45, 7) is 0. The third-order valence-electron chi connectivity index (χ3n) is 3.99. The number of hydrogen-bond donors (Lipinski definition) is 1. The zero-order valence-electron chi connectivity index (χ0n) is 12.5. The molecule has 1 heterocycles. The van der Waals surface area contributed by atoms with Gasteiger partial charge in [-0.25, -0.2) is 15.0 Å². The first kappa shape index (κ1) is 15.3. The number of methoxy groups -OCH3 is 1. The molecule has 1 aromatic carbocycles. The Morgan fingerprint density at radius 2 is 2.09 bits per heavy atom. The molecule has 0 bridgehead atoms. The highest BCUT2D eigenvalue weighted by Crippen LogP contribution is 2.44. The molecule has 2 aromatic rings. The normalized spacial score (nSPS) is 20.0. The van der Waals surface area contributed by atoms with Gasteiger partial charge < -0.3 is 10.5 Å². The van der Waals surface area contributed by atoms with Crippen molar-refractivity contribution >= 4 is 6.02 Å². The van der Waals surface area contributed by atoms with E-state index >= 15 is 0 Å². The molecule has 5 nitrogen and oxygen atoms in total. The summed E-state index contributed by atoms with van der Waals surface area (Å²) in [7, 11) is 1.31. The number of ether oxygens (including phenoxy) is 1. The van der Waals surface area contributed by atoms with Crippen molar-refractivity contribution in [1.82, 2.24) is 9.97 Å². The molecule has 1 aliphatic carbocycles. The zero-order chi connectivity index (χ0) is 16.4. The fourth-order valence-electron chi connectivity index (χ4n) is 2.87. The van der Waals surface area contributed by atoms with E-state index in [0.717, 1.165) is 11.1 Å². The highest BCUT2D eigenvalue weighted by molar-refractivity contribution is 5.72. The molecule has 0 fully saturated rings. The summed E-state index contributed by atoms with van der Waals surface area (Å²) in [5.41, 5.74) is 7.47. The molecule has 23 heavy (non-hydrogen) atoms. The molecule has 0 amide bonds. The molecule has 3 rings (SSSR count). The van der Waals surface area contributed by atoms with Crippen molar-refractivity contribution in [3.63, 3.8) is 0 Å². The van der Waals surface area contributed by atoms with Crippen LogP contribution in [0.3, 0.4) is 0 Å². The minimum atomic E-state index is -3.11. The second-order valence-electron chi connectivity index (χ2n) is 5.31. The molecule has 1 unspecified atom stereocenters. The SMILES string of the molecule is COC(N)=NC1CCc2c(-c3cncnc3)cccc2C1(F)F. The fraction of sp³-hybridized carbons (Fsp3) is 0.312. The van der Waals surface area contributed by atoms with E-state index in [1.807, 2.05) is 0 Å². The van der Waals surface area contributed by atoms with Crippen LogP contribution in [0.25, 0.3) is 11.1 Å². The molecule has 0 saturated carbocycles. The Morgan fingerprint density at radius 3 is 2.78 bits per heavy atom. The lowest BCUT2D eigenvalue weighted by molar-refractivity contribution is -0.0398. The number of rotatable bonds is 2. The van der Waals surface area contributed by atoms with E-state index < -0.39 is 12.0 Å². The van der Waals surface area contributed by atoms with Gasteiger partial charge in [-0.2, -0.15) is 8.78 Å². The summed E-state index contributed by atoms with van der Waals surface area (Å²) >= 11 is 0. The average molecular weight is 318 g/mol. The van der Waals surface area contributed by atoms with E-state index in [-0.39, 0.29) is 18.0 Å². The number of halogens is 2. The lowest BCUT2D eigenvalue weighted by Crippen LogP contribution is -2.37. The number of hydrogen-bond acceptors (Lipinski definition) is 4. The Balaban J connectivity index is 2.07. The van der Waals surface area contributed by atoms with Crippen LogP contribution < -0.4 is 5.73 Å². The Kier molecular flexibility index (Phi) is 3.94. The van der Waals surface area contributed by atoms with Crippen LogP contribution >= 0.6 is 0 Å². The van der Waals surface area contributed by atoms with Gasteiger partial charge in [0.1, 0.15) is 12.4 Å². The number of fused-ring (bicyclic) bond motifs is 1. The molecule has 1 aromatic heterocycles. The lowest BCUT2D eigenvalue weighted by atomic mass is 9.81. The summed E-state index contributed by atoms with van der Waals surface area (Å²) in [5.74, 6) is -3.11. The van der Waals surface area contributed by atoms with E-state index in [1.54, 1.807) is 24.5 Å². The second kappa shape index (κ2) is 5.91. The van der Waals surface area contributed by atoms with Crippen molar-refractivity contribution in [3.05, 3.63) is 48.0 Å². The van der Waals surface area contributed by atoms with Gasteiger partial charge in [-0.1, -0.05) is 18.2 Å². The molecule has 2 N–H and O–H groups in total. The number of amidine groups is 1. The first-order valence-electron chi connectivity index (χ1n) is 7.17. The van der Waals surface area contributed by atoms with E-state index in [0.29, 0.717) is 12.0 Å². The summed E-state index contributed by atoms with van der Waals surface area (Å²) < 4.78 is 34.3. The molecule has 0 saturated heterocycles. The van der Waals surface area contributed by atoms with Gasteiger partial charge in [-0.15, -0.1) is 0 Å². The molecule has 0 radical (unpaired) electrons. The first-order valence-corrected chi connectivity index (χ1v) is 7.17. The highest BCUT2D eigenvalue weighted by Gasteiger charge is 2.46. The van der Waals surface area contributed by atoms with E-state index in [2.05, 4.69) is 15.0 Å². The second-order valence-corrected chi connectivity index (χ2v) is 5.31. The van der Waals surface area contributed by atoms with E-state index in [1.165, 1.54) is 19.5 Å². The van der Waals surface area contributed by atoms with Crippen LogP contribution in [0.4, 0.5) is 8.78 Å². The Labute approximate surface area is 132 Å². The van der Waals surface area contributed by atoms with Crippen molar-refractivity contribution in [2.45, 2.75) is 24.8 Å². The van der Waals surface area contributed by atoms with Crippen LogP contribution in [-0.2, 0) is 17.1 Å². The molecule has 120 valence electrons. The van der Waals surface area contributed by atoms with Gasteiger partial charge in [0.15, 0.2) is 0 Å². The number of aromatic nitrogens is 2. The largest absolute Gasteiger partial charge is 0.469 e. The topological polar surface area (TPSA) is 73.4 Å². The number of nitrogens with zero attached hydrogens (tertiary/aromatic N) is 3. The third-order valence-corrected chi connectivity index (χ3v) is 3.99. The van der Waals surface area contributed by atoms with Crippen molar-refractivity contribution in [1.29, 1.82) is 0 Å². The van der Waals surface area contributed by atoms with Gasteiger partial charge in [0, 0.05) is 23.5 Å². The van der Waals surface area contributed by atoms with Gasteiger partial charge in [-0.05, 0) is 24.0 Å².